The Morgan fingerprint density at radius 1 is 1.37 bits per heavy atom. The summed E-state index contributed by atoms with van der Waals surface area (Å²) in [5.74, 6) is 0.725. The lowest BCUT2D eigenvalue weighted by Crippen LogP contribution is -2.30. The van der Waals surface area contributed by atoms with Crippen LogP contribution in [-0.2, 0) is 16.6 Å². The van der Waals surface area contributed by atoms with E-state index < -0.39 is 10.0 Å². The Morgan fingerprint density at radius 2 is 2.00 bits per heavy atom. The predicted molar refractivity (Wildman–Crippen MR) is 73.6 cm³/mol. The van der Waals surface area contributed by atoms with Gasteiger partial charge in [-0.05, 0) is 24.1 Å². The summed E-state index contributed by atoms with van der Waals surface area (Å²) >= 11 is 0. The monoisotopic (exact) mass is 287 g/mol. The molecule has 1 aromatic carbocycles. The highest BCUT2D eigenvalue weighted by molar-refractivity contribution is 7.89. The van der Waals surface area contributed by atoms with E-state index in [9.17, 15) is 13.5 Å². The van der Waals surface area contributed by atoms with Crippen LogP contribution in [0, 0.1) is 5.92 Å². The van der Waals surface area contributed by atoms with Crippen LogP contribution < -0.4 is 4.74 Å². The molecule has 5 nitrogen and oxygen atoms in total. The maximum Gasteiger partial charge on any atom is 0.242 e. The first-order valence-electron chi connectivity index (χ1n) is 6.07. The quantitative estimate of drug-likeness (QED) is 0.860. The Kier molecular flexibility index (Phi) is 5.34. The maximum absolute atomic E-state index is 12.3. The van der Waals surface area contributed by atoms with Crippen molar-refractivity contribution in [3.05, 3.63) is 23.8 Å². The van der Waals surface area contributed by atoms with E-state index in [0.717, 1.165) is 0 Å². The Balaban J connectivity index is 3.15. The average molecular weight is 287 g/mol. The van der Waals surface area contributed by atoms with Crippen molar-refractivity contribution in [1.29, 1.82) is 0 Å². The van der Waals surface area contributed by atoms with E-state index in [0.29, 0.717) is 17.9 Å². The van der Waals surface area contributed by atoms with Gasteiger partial charge < -0.3 is 9.84 Å². The highest BCUT2D eigenvalue weighted by Crippen LogP contribution is 2.24. The van der Waals surface area contributed by atoms with Crippen LogP contribution in [0.4, 0.5) is 0 Å². The molecule has 19 heavy (non-hydrogen) atoms. The van der Waals surface area contributed by atoms with Crippen molar-refractivity contribution in [1.82, 2.24) is 4.31 Å². The second-order valence-corrected chi connectivity index (χ2v) is 6.86. The van der Waals surface area contributed by atoms with Crippen molar-refractivity contribution in [2.45, 2.75) is 25.3 Å². The van der Waals surface area contributed by atoms with Crippen LogP contribution >= 0.6 is 0 Å². The molecule has 1 aromatic rings. The van der Waals surface area contributed by atoms with Crippen LogP contribution in [0.1, 0.15) is 19.4 Å². The van der Waals surface area contributed by atoms with Gasteiger partial charge in [-0.1, -0.05) is 13.8 Å². The number of aliphatic hydroxyl groups is 1. The molecule has 0 aliphatic carbocycles. The largest absolute Gasteiger partial charge is 0.496 e. The summed E-state index contributed by atoms with van der Waals surface area (Å²) < 4.78 is 31.1. The second kappa shape index (κ2) is 6.36. The first kappa shape index (κ1) is 15.9. The molecule has 0 saturated heterocycles. The molecule has 0 radical (unpaired) electrons. The van der Waals surface area contributed by atoms with E-state index in [1.807, 2.05) is 13.8 Å². The lowest BCUT2D eigenvalue weighted by atomic mass is 10.2. The van der Waals surface area contributed by atoms with Crippen molar-refractivity contribution < 1.29 is 18.3 Å². The van der Waals surface area contributed by atoms with E-state index in [1.54, 1.807) is 13.1 Å². The third-order valence-corrected chi connectivity index (χ3v) is 4.57. The van der Waals surface area contributed by atoms with Gasteiger partial charge in [-0.25, -0.2) is 12.7 Å². The third kappa shape index (κ3) is 3.68. The molecular formula is C13H21NO4S. The number of ether oxygens (including phenoxy) is 1. The van der Waals surface area contributed by atoms with E-state index in [2.05, 4.69) is 0 Å². The maximum atomic E-state index is 12.3. The lowest BCUT2D eigenvalue weighted by Gasteiger charge is -2.20. The van der Waals surface area contributed by atoms with Gasteiger partial charge in [0.25, 0.3) is 0 Å². The number of sulfonamides is 1. The number of nitrogens with zero attached hydrogens (tertiary/aromatic N) is 1. The minimum atomic E-state index is -3.52. The standard InChI is InChI=1S/C13H21NO4S/c1-10(2)8-14(3)19(16,17)12-5-6-13(18-4)11(7-12)9-15/h5-7,10,15H,8-9H2,1-4H3. The molecule has 0 heterocycles. The second-order valence-electron chi connectivity index (χ2n) is 4.81. The van der Waals surface area contributed by atoms with Gasteiger partial charge in [-0.2, -0.15) is 0 Å². The van der Waals surface area contributed by atoms with Crippen LogP contribution in [0.5, 0.6) is 5.75 Å². The highest BCUT2D eigenvalue weighted by Gasteiger charge is 2.22. The van der Waals surface area contributed by atoms with E-state index >= 15 is 0 Å². The van der Waals surface area contributed by atoms with Crippen LogP contribution in [-0.4, -0.2) is 38.5 Å². The van der Waals surface area contributed by atoms with E-state index in [4.69, 9.17) is 4.74 Å². The molecule has 0 aliphatic rings. The SMILES string of the molecule is COc1ccc(S(=O)(=O)N(C)CC(C)C)cc1CO. The van der Waals surface area contributed by atoms with Gasteiger partial charge in [0, 0.05) is 19.2 Å². The summed E-state index contributed by atoms with van der Waals surface area (Å²) in [5, 5.41) is 9.24. The van der Waals surface area contributed by atoms with Crippen LogP contribution in [0.15, 0.2) is 23.1 Å². The van der Waals surface area contributed by atoms with Gasteiger partial charge in [-0.3, -0.25) is 0 Å². The zero-order valence-electron chi connectivity index (χ0n) is 11.8. The molecule has 0 amide bonds. The number of methoxy groups -OCH3 is 1. The molecule has 0 fully saturated rings. The molecule has 0 atom stereocenters. The number of hydrogen-bond acceptors (Lipinski definition) is 4. The molecule has 6 heteroatoms. The summed E-state index contributed by atoms with van der Waals surface area (Å²) in [4.78, 5) is 0.167. The van der Waals surface area contributed by atoms with Gasteiger partial charge >= 0.3 is 0 Å². The third-order valence-electron chi connectivity index (χ3n) is 2.75. The van der Waals surface area contributed by atoms with Crippen molar-refractivity contribution in [2.24, 2.45) is 5.92 Å². The Bertz CT molecular complexity index is 525. The van der Waals surface area contributed by atoms with Gasteiger partial charge in [0.1, 0.15) is 5.75 Å². The summed E-state index contributed by atoms with van der Waals surface area (Å²) in [6.45, 7) is 4.10. The molecule has 0 saturated carbocycles. The molecule has 0 spiro atoms. The Hall–Kier alpha value is -1.11. The van der Waals surface area contributed by atoms with E-state index in [1.165, 1.54) is 23.5 Å². The van der Waals surface area contributed by atoms with Gasteiger partial charge in [0.05, 0.1) is 18.6 Å². The fourth-order valence-electron chi connectivity index (χ4n) is 1.83. The lowest BCUT2D eigenvalue weighted by molar-refractivity contribution is 0.273. The fourth-order valence-corrected chi connectivity index (χ4v) is 3.22. The van der Waals surface area contributed by atoms with Crippen LogP contribution in [0.25, 0.3) is 0 Å². The normalized spacial score (nSPS) is 12.2. The minimum absolute atomic E-state index is 0.167. The molecule has 1 N–H and O–H groups in total. The van der Waals surface area contributed by atoms with Crippen molar-refractivity contribution in [3.63, 3.8) is 0 Å². The zero-order chi connectivity index (χ0) is 14.6. The van der Waals surface area contributed by atoms with Crippen molar-refractivity contribution >= 4 is 10.0 Å². The molecule has 0 aliphatic heterocycles. The molecular weight excluding hydrogens is 266 g/mol. The summed E-state index contributed by atoms with van der Waals surface area (Å²) in [7, 11) is -0.491. The van der Waals surface area contributed by atoms with Crippen LogP contribution in [0.2, 0.25) is 0 Å². The molecule has 1 rings (SSSR count). The van der Waals surface area contributed by atoms with E-state index in [-0.39, 0.29) is 17.4 Å². The summed E-state index contributed by atoms with van der Waals surface area (Å²) in [5.41, 5.74) is 0.460. The van der Waals surface area contributed by atoms with Crippen molar-refractivity contribution in [2.75, 3.05) is 20.7 Å². The van der Waals surface area contributed by atoms with Gasteiger partial charge in [0.15, 0.2) is 0 Å². The predicted octanol–water partition coefficient (Wildman–Crippen LogP) is 1.46. The Labute approximate surface area is 114 Å². The highest BCUT2D eigenvalue weighted by atomic mass is 32.2. The van der Waals surface area contributed by atoms with Gasteiger partial charge in [0.2, 0.25) is 10.0 Å². The van der Waals surface area contributed by atoms with Gasteiger partial charge in [-0.15, -0.1) is 0 Å². The Morgan fingerprint density at radius 3 is 2.47 bits per heavy atom. The topological polar surface area (TPSA) is 66.8 Å². The molecule has 0 unspecified atom stereocenters. The zero-order valence-corrected chi connectivity index (χ0v) is 12.6. The number of aliphatic hydroxyl groups excluding tert-OH is 1. The number of rotatable bonds is 6. The smallest absolute Gasteiger partial charge is 0.242 e. The minimum Gasteiger partial charge on any atom is -0.496 e. The summed E-state index contributed by atoms with van der Waals surface area (Å²) in [6, 6.07) is 4.50. The first-order chi connectivity index (χ1) is 8.82. The number of hydrogen-bond donors (Lipinski definition) is 1. The first-order valence-corrected chi connectivity index (χ1v) is 7.51. The molecule has 0 aromatic heterocycles. The fraction of sp³-hybridized carbons (Fsp3) is 0.538. The summed E-state index contributed by atoms with van der Waals surface area (Å²) in [6.07, 6.45) is 0. The van der Waals surface area contributed by atoms with Crippen LogP contribution in [0.3, 0.4) is 0 Å². The average Bonchev–Trinajstić information content (AvgIpc) is 2.36. The van der Waals surface area contributed by atoms with Crippen molar-refractivity contribution in [3.8, 4) is 5.75 Å². The molecule has 108 valence electrons. The number of benzene rings is 1. The molecule has 0 bridgehead atoms.